The third-order valence-electron chi connectivity index (χ3n) is 5.58. The molecule has 1 saturated heterocycles. The van der Waals surface area contributed by atoms with Crippen LogP contribution in [0.5, 0.6) is 0 Å². The van der Waals surface area contributed by atoms with Crippen LogP contribution in [0, 0.1) is 19.7 Å². The molecule has 0 saturated carbocycles. The van der Waals surface area contributed by atoms with Crippen molar-refractivity contribution in [3.63, 3.8) is 0 Å². The third-order valence-corrected chi connectivity index (χ3v) is 5.58. The zero-order chi connectivity index (χ0) is 18.9. The molecule has 0 aromatic heterocycles. The van der Waals surface area contributed by atoms with Gasteiger partial charge in [-0.15, -0.1) is 0 Å². The highest BCUT2D eigenvalue weighted by Crippen LogP contribution is 2.28. The van der Waals surface area contributed by atoms with E-state index in [1.807, 2.05) is 18.7 Å². The number of anilines is 1. The van der Waals surface area contributed by atoms with Gasteiger partial charge in [0, 0.05) is 31.9 Å². The van der Waals surface area contributed by atoms with Gasteiger partial charge in [-0.1, -0.05) is 24.3 Å². The lowest BCUT2D eigenvalue weighted by Crippen LogP contribution is -2.53. The Hall–Kier alpha value is -2.36. The number of hydrogen-bond donors (Lipinski definition) is 0. The predicted octanol–water partition coefficient (Wildman–Crippen LogP) is 4.07. The normalized spacial score (nSPS) is 15.3. The van der Waals surface area contributed by atoms with E-state index in [1.54, 1.807) is 12.1 Å². The van der Waals surface area contributed by atoms with Crippen LogP contribution in [0.4, 0.5) is 10.1 Å². The summed E-state index contributed by atoms with van der Waals surface area (Å²) in [4.78, 5) is 17.4. The van der Waals surface area contributed by atoms with Crippen LogP contribution in [0.15, 0.2) is 42.5 Å². The van der Waals surface area contributed by atoms with Crippen LogP contribution < -0.4 is 4.90 Å². The molecule has 2 aromatic rings. The fraction of sp³-hybridized carbons (Fsp3) is 0.409. The van der Waals surface area contributed by atoms with E-state index in [4.69, 9.17) is 0 Å². The molecule has 0 unspecified atom stereocenters. The summed E-state index contributed by atoms with van der Waals surface area (Å²) in [7, 11) is 0. The lowest BCUT2D eigenvalue weighted by molar-refractivity contribution is -0.136. The number of piperazine rings is 1. The number of halogens is 1. The second kappa shape index (κ2) is 7.10. The smallest absolute Gasteiger partial charge is 0.232 e. The lowest BCUT2D eigenvalue weighted by Gasteiger charge is -2.40. The molecule has 4 heteroatoms. The van der Waals surface area contributed by atoms with E-state index < -0.39 is 5.41 Å². The van der Waals surface area contributed by atoms with Gasteiger partial charge in [0.15, 0.2) is 0 Å². The quantitative estimate of drug-likeness (QED) is 0.830. The number of carbonyl (C=O) groups is 1. The summed E-state index contributed by atoms with van der Waals surface area (Å²) < 4.78 is 13.2. The van der Waals surface area contributed by atoms with E-state index >= 15 is 0 Å². The Bertz CT molecular complexity index is 790. The molecule has 1 heterocycles. The van der Waals surface area contributed by atoms with E-state index in [0.717, 1.165) is 18.7 Å². The predicted molar refractivity (Wildman–Crippen MR) is 104 cm³/mol. The Kier molecular flexibility index (Phi) is 5.03. The van der Waals surface area contributed by atoms with Crippen molar-refractivity contribution in [3.8, 4) is 0 Å². The van der Waals surface area contributed by atoms with E-state index in [1.165, 1.54) is 28.9 Å². The van der Waals surface area contributed by atoms with Crippen LogP contribution in [0.3, 0.4) is 0 Å². The molecule has 138 valence electrons. The lowest BCUT2D eigenvalue weighted by atomic mass is 9.83. The molecule has 1 aliphatic rings. The van der Waals surface area contributed by atoms with Crippen LogP contribution in [-0.4, -0.2) is 37.0 Å². The van der Waals surface area contributed by atoms with Gasteiger partial charge in [-0.05, 0) is 62.6 Å². The summed E-state index contributed by atoms with van der Waals surface area (Å²) in [6.07, 6.45) is 0. The van der Waals surface area contributed by atoms with Crippen molar-refractivity contribution in [2.75, 3.05) is 31.1 Å². The van der Waals surface area contributed by atoms with Crippen molar-refractivity contribution in [2.45, 2.75) is 33.1 Å². The molecular formula is C22H27FN2O. The monoisotopic (exact) mass is 354 g/mol. The SMILES string of the molecule is Cc1cccc(N2CCN(C(=O)C(C)(C)c3ccc(F)cc3)CC2)c1C. The van der Waals surface area contributed by atoms with Crippen LogP contribution in [-0.2, 0) is 10.2 Å². The second-order valence-corrected chi connectivity index (χ2v) is 7.63. The third kappa shape index (κ3) is 3.46. The first-order valence-electron chi connectivity index (χ1n) is 9.17. The van der Waals surface area contributed by atoms with Crippen LogP contribution >= 0.6 is 0 Å². The Labute approximate surface area is 155 Å². The number of rotatable bonds is 3. The van der Waals surface area contributed by atoms with E-state index in [-0.39, 0.29) is 11.7 Å². The molecule has 26 heavy (non-hydrogen) atoms. The van der Waals surface area contributed by atoms with E-state index in [0.29, 0.717) is 13.1 Å². The maximum Gasteiger partial charge on any atom is 0.232 e. The molecule has 2 aromatic carbocycles. The topological polar surface area (TPSA) is 23.6 Å². The van der Waals surface area contributed by atoms with Crippen molar-refractivity contribution >= 4 is 11.6 Å². The molecule has 0 bridgehead atoms. The molecule has 0 aliphatic carbocycles. The average molecular weight is 354 g/mol. The van der Waals surface area contributed by atoms with Crippen molar-refractivity contribution < 1.29 is 9.18 Å². The molecule has 3 rings (SSSR count). The van der Waals surface area contributed by atoms with Gasteiger partial charge in [-0.25, -0.2) is 4.39 Å². The molecular weight excluding hydrogens is 327 g/mol. The van der Waals surface area contributed by atoms with Gasteiger partial charge in [0.1, 0.15) is 5.82 Å². The van der Waals surface area contributed by atoms with Gasteiger partial charge in [0.05, 0.1) is 5.41 Å². The Morgan fingerprint density at radius 2 is 1.58 bits per heavy atom. The van der Waals surface area contributed by atoms with Gasteiger partial charge in [-0.2, -0.15) is 0 Å². The summed E-state index contributed by atoms with van der Waals surface area (Å²) >= 11 is 0. The largest absolute Gasteiger partial charge is 0.368 e. The summed E-state index contributed by atoms with van der Waals surface area (Å²) in [5.74, 6) is -0.177. The van der Waals surface area contributed by atoms with Crippen LogP contribution in [0.1, 0.15) is 30.5 Å². The number of carbonyl (C=O) groups excluding carboxylic acids is 1. The zero-order valence-electron chi connectivity index (χ0n) is 16.1. The second-order valence-electron chi connectivity index (χ2n) is 7.63. The molecule has 0 N–H and O–H groups in total. The van der Waals surface area contributed by atoms with Crippen LogP contribution in [0.2, 0.25) is 0 Å². The van der Waals surface area contributed by atoms with Gasteiger partial charge in [0.25, 0.3) is 0 Å². The molecule has 0 spiro atoms. The molecule has 1 aliphatic heterocycles. The Morgan fingerprint density at radius 1 is 0.962 bits per heavy atom. The number of amides is 1. The molecule has 0 atom stereocenters. The minimum absolute atomic E-state index is 0.102. The van der Waals surface area contributed by atoms with Crippen molar-refractivity contribution in [2.24, 2.45) is 0 Å². The van der Waals surface area contributed by atoms with Crippen molar-refractivity contribution in [1.29, 1.82) is 0 Å². The van der Waals surface area contributed by atoms with Gasteiger partial charge in [-0.3, -0.25) is 4.79 Å². The summed E-state index contributed by atoms with van der Waals surface area (Å²) in [6.45, 7) is 11.2. The van der Waals surface area contributed by atoms with E-state index in [9.17, 15) is 9.18 Å². The van der Waals surface area contributed by atoms with Gasteiger partial charge < -0.3 is 9.80 Å². The zero-order valence-corrected chi connectivity index (χ0v) is 16.1. The number of aryl methyl sites for hydroxylation is 1. The van der Waals surface area contributed by atoms with Crippen LogP contribution in [0.25, 0.3) is 0 Å². The standard InChI is InChI=1S/C22H27FN2O/c1-16-6-5-7-20(17(16)2)24-12-14-25(15-13-24)21(26)22(3,4)18-8-10-19(23)11-9-18/h5-11H,12-15H2,1-4H3. The number of hydrogen-bond acceptors (Lipinski definition) is 2. The first kappa shape index (κ1) is 18.4. The average Bonchev–Trinajstić information content (AvgIpc) is 2.64. The highest BCUT2D eigenvalue weighted by Gasteiger charge is 2.35. The first-order chi connectivity index (χ1) is 12.3. The Balaban J connectivity index is 1.70. The minimum atomic E-state index is -0.658. The summed E-state index contributed by atoms with van der Waals surface area (Å²) in [5, 5.41) is 0. The molecule has 0 radical (unpaired) electrons. The molecule has 1 fully saturated rings. The number of benzene rings is 2. The number of nitrogens with zero attached hydrogens (tertiary/aromatic N) is 2. The maximum atomic E-state index is 13.2. The fourth-order valence-corrected chi connectivity index (χ4v) is 3.61. The van der Waals surface area contributed by atoms with Crippen molar-refractivity contribution in [1.82, 2.24) is 4.90 Å². The highest BCUT2D eigenvalue weighted by atomic mass is 19.1. The van der Waals surface area contributed by atoms with E-state index in [2.05, 4.69) is 36.9 Å². The Morgan fingerprint density at radius 3 is 2.19 bits per heavy atom. The van der Waals surface area contributed by atoms with Crippen molar-refractivity contribution in [3.05, 3.63) is 65.0 Å². The first-order valence-corrected chi connectivity index (χ1v) is 9.17. The van der Waals surface area contributed by atoms with Gasteiger partial charge in [0.2, 0.25) is 5.91 Å². The maximum absolute atomic E-state index is 13.2. The molecule has 3 nitrogen and oxygen atoms in total. The summed E-state index contributed by atoms with van der Waals surface area (Å²) in [6, 6.07) is 12.6. The summed E-state index contributed by atoms with van der Waals surface area (Å²) in [5.41, 5.74) is 4.04. The highest BCUT2D eigenvalue weighted by molar-refractivity contribution is 5.87. The fourth-order valence-electron chi connectivity index (χ4n) is 3.61. The van der Waals surface area contributed by atoms with Gasteiger partial charge >= 0.3 is 0 Å². The molecule has 1 amide bonds. The minimum Gasteiger partial charge on any atom is -0.368 e.